The molecule has 2 aromatic rings. The Morgan fingerprint density at radius 1 is 0.912 bits per heavy atom. The molecule has 0 bridgehead atoms. The van der Waals surface area contributed by atoms with Gasteiger partial charge in [-0.15, -0.1) is 0 Å². The summed E-state index contributed by atoms with van der Waals surface area (Å²) in [6.07, 6.45) is 10.2. The van der Waals surface area contributed by atoms with Crippen molar-refractivity contribution in [2.75, 3.05) is 44.3 Å². The molecule has 1 heterocycles. The van der Waals surface area contributed by atoms with Gasteiger partial charge in [0.05, 0.1) is 6.61 Å². The molecule has 4 rings (SSSR count). The highest BCUT2D eigenvalue weighted by Gasteiger charge is 2.31. The van der Waals surface area contributed by atoms with Gasteiger partial charge in [0.15, 0.2) is 0 Å². The molecule has 0 aromatic heterocycles. The number of benzene rings is 2. The van der Waals surface area contributed by atoms with Gasteiger partial charge >= 0.3 is 0 Å². The lowest BCUT2D eigenvalue weighted by Crippen LogP contribution is -2.47. The number of allylic oxidation sites excluding steroid dienone is 5. The van der Waals surface area contributed by atoms with Gasteiger partial charge in [-0.25, -0.2) is 0 Å². The molecule has 0 atom stereocenters. The van der Waals surface area contributed by atoms with E-state index in [0.717, 1.165) is 60.9 Å². The topological polar surface area (TPSA) is 46.9 Å². The van der Waals surface area contributed by atoms with Crippen LogP contribution in [0.25, 0.3) is 11.1 Å². The number of aliphatic hydroxyl groups excluding tert-OH is 2. The van der Waals surface area contributed by atoms with Crippen LogP contribution in [0.4, 0.5) is 5.69 Å². The second kappa shape index (κ2) is 12.2. The Bertz CT molecular complexity index is 996. The van der Waals surface area contributed by atoms with Crippen LogP contribution in [-0.2, 0) is 0 Å². The summed E-state index contributed by atoms with van der Waals surface area (Å²) >= 11 is 0. The van der Waals surface area contributed by atoms with E-state index < -0.39 is 0 Å². The van der Waals surface area contributed by atoms with Crippen molar-refractivity contribution < 1.29 is 10.2 Å². The molecule has 4 nitrogen and oxygen atoms in total. The second-order valence-electron chi connectivity index (χ2n) is 9.19. The minimum Gasteiger partial charge on any atom is -0.396 e. The van der Waals surface area contributed by atoms with Crippen molar-refractivity contribution in [2.45, 2.75) is 38.6 Å². The molecule has 0 radical (unpaired) electrons. The molecule has 1 saturated carbocycles. The quantitative estimate of drug-likeness (QED) is 0.382. The van der Waals surface area contributed by atoms with Gasteiger partial charge in [-0.1, -0.05) is 60.7 Å². The predicted octanol–water partition coefficient (Wildman–Crippen LogP) is 5.15. The molecule has 2 N–H and O–H groups in total. The van der Waals surface area contributed by atoms with E-state index in [1.807, 2.05) is 25.1 Å². The lowest BCUT2D eigenvalue weighted by Gasteiger charge is -2.36. The maximum Gasteiger partial charge on any atom is 0.0621 e. The summed E-state index contributed by atoms with van der Waals surface area (Å²) in [5.41, 5.74) is 6.88. The van der Waals surface area contributed by atoms with Crippen LogP contribution in [0.1, 0.15) is 43.7 Å². The zero-order valence-corrected chi connectivity index (χ0v) is 20.4. The SMILES string of the molecule is C\C=C/C(=C\CO)C(=C(\CCCO)c1ccccc1)/c1ccc(N2CCN(C3CC3)CC2)cc1. The maximum atomic E-state index is 9.78. The van der Waals surface area contributed by atoms with E-state index in [2.05, 4.69) is 64.4 Å². The van der Waals surface area contributed by atoms with E-state index in [1.165, 1.54) is 24.1 Å². The molecule has 4 heteroatoms. The van der Waals surface area contributed by atoms with Crippen molar-refractivity contribution in [1.82, 2.24) is 4.90 Å². The zero-order valence-electron chi connectivity index (χ0n) is 20.4. The lowest BCUT2D eigenvalue weighted by atomic mass is 9.86. The van der Waals surface area contributed by atoms with E-state index in [9.17, 15) is 10.2 Å². The molecule has 0 unspecified atom stereocenters. The summed E-state index contributed by atoms with van der Waals surface area (Å²) in [4.78, 5) is 5.13. The molecular weight excluding hydrogens is 420 g/mol. The van der Waals surface area contributed by atoms with E-state index in [0.29, 0.717) is 6.42 Å². The number of hydrogen-bond acceptors (Lipinski definition) is 4. The van der Waals surface area contributed by atoms with Crippen LogP contribution in [0, 0.1) is 0 Å². The van der Waals surface area contributed by atoms with Crippen LogP contribution in [-0.4, -0.2) is 60.5 Å². The van der Waals surface area contributed by atoms with Crippen LogP contribution < -0.4 is 4.90 Å². The average Bonchev–Trinajstić information content (AvgIpc) is 3.73. The van der Waals surface area contributed by atoms with Crippen molar-refractivity contribution in [3.8, 4) is 0 Å². The smallest absolute Gasteiger partial charge is 0.0621 e. The third-order valence-electron chi connectivity index (χ3n) is 6.85. The molecular formula is C30H38N2O2. The molecule has 1 saturated heterocycles. The highest BCUT2D eigenvalue weighted by molar-refractivity contribution is 5.99. The van der Waals surface area contributed by atoms with Gasteiger partial charge in [0, 0.05) is 44.5 Å². The van der Waals surface area contributed by atoms with Gasteiger partial charge in [0.2, 0.25) is 0 Å². The molecule has 1 aliphatic heterocycles. The normalized spacial score (nSPS) is 18.4. The first-order chi connectivity index (χ1) is 16.7. The summed E-state index contributed by atoms with van der Waals surface area (Å²) in [6, 6.07) is 20.2. The Labute approximate surface area is 204 Å². The van der Waals surface area contributed by atoms with Gasteiger partial charge in [-0.05, 0) is 72.6 Å². The fraction of sp³-hybridized carbons (Fsp3) is 0.400. The first kappa shape index (κ1) is 24.5. The largest absolute Gasteiger partial charge is 0.396 e. The standard InChI is InChI=1S/C30H38N2O2/c1-2-7-25(17-23-34)30(29(10-6-22-33)24-8-4-3-5-9-24)26-11-13-27(14-12-26)31-18-20-32(21-19-31)28-15-16-28/h2-5,7-9,11-14,17,28,33-34H,6,10,15-16,18-23H2,1H3/b7-2-,25-17+,30-29-. The van der Waals surface area contributed by atoms with Crippen LogP contribution in [0.3, 0.4) is 0 Å². The fourth-order valence-corrected chi connectivity index (χ4v) is 4.98. The van der Waals surface area contributed by atoms with Crippen molar-refractivity contribution in [1.29, 1.82) is 0 Å². The molecule has 2 aliphatic rings. The molecule has 180 valence electrons. The van der Waals surface area contributed by atoms with Crippen LogP contribution in [0.15, 0.2) is 78.4 Å². The number of rotatable bonds is 10. The third kappa shape index (κ3) is 6.06. The van der Waals surface area contributed by atoms with Gasteiger partial charge in [-0.3, -0.25) is 4.90 Å². The number of piperazine rings is 1. The number of aliphatic hydroxyl groups is 2. The monoisotopic (exact) mass is 458 g/mol. The molecule has 0 spiro atoms. The summed E-state index contributed by atoms with van der Waals surface area (Å²) in [5, 5.41) is 19.4. The fourth-order valence-electron chi connectivity index (χ4n) is 4.98. The van der Waals surface area contributed by atoms with E-state index in [-0.39, 0.29) is 13.2 Å². The Morgan fingerprint density at radius 3 is 2.21 bits per heavy atom. The Hall–Kier alpha value is -2.66. The number of hydrogen-bond donors (Lipinski definition) is 2. The highest BCUT2D eigenvalue weighted by atomic mass is 16.3. The van der Waals surface area contributed by atoms with Crippen molar-refractivity contribution >= 4 is 16.8 Å². The molecule has 1 aliphatic carbocycles. The average molecular weight is 459 g/mol. The van der Waals surface area contributed by atoms with E-state index in [4.69, 9.17) is 0 Å². The highest BCUT2D eigenvalue weighted by Crippen LogP contribution is 2.37. The summed E-state index contributed by atoms with van der Waals surface area (Å²) < 4.78 is 0. The summed E-state index contributed by atoms with van der Waals surface area (Å²) in [6.45, 7) is 6.61. The van der Waals surface area contributed by atoms with E-state index >= 15 is 0 Å². The minimum absolute atomic E-state index is 0.0192. The van der Waals surface area contributed by atoms with Crippen molar-refractivity contribution in [3.63, 3.8) is 0 Å². The Kier molecular flexibility index (Phi) is 8.75. The first-order valence-electron chi connectivity index (χ1n) is 12.7. The van der Waals surface area contributed by atoms with Crippen molar-refractivity contribution in [2.24, 2.45) is 0 Å². The molecule has 2 aromatic carbocycles. The number of nitrogens with zero attached hydrogens (tertiary/aromatic N) is 2. The Balaban J connectivity index is 1.69. The van der Waals surface area contributed by atoms with Crippen LogP contribution >= 0.6 is 0 Å². The third-order valence-corrected chi connectivity index (χ3v) is 6.85. The van der Waals surface area contributed by atoms with Crippen LogP contribution in [0.2, 0.25) is 0 Å². The van der Waals surface area contributed by atoms with Crippen LogP contribution in [0.5, 0.6) is 0 Å². The lowest BCUT2D eigenvalue weighted by molar-refractivity contribution is 0.248. The summed E-state index contributed by atoms with van der Waals surface area (Å²) in [5.74, 6) is 0. The van der Waals surface area contributed by atoms with Gasteiger partial charge in [0.1, 0.15) is 0 Å². The Morgan fingerprint density at radius 2 is 1.62 bits per heavy atom. The minimum atomic E-state index is -0.0192. The summed E-state index contributed by atoms with van der Waals surface area (Å²) in [7, 11) is 0. The maximum absolute atomic E-state index is 9.78. The predicted molar refractivity (Wildman–Crippen MR) is 143 cm³/mol. The number of anilines is 1. The van der Waals surface area contributed by atoms with E-state index in [1.54, 1.807) is 0 Å². The molecule has 2 fully saturated rings. The molecule has 0 amide bonds. The zero-order chi connectivity index (χ0) is 23.8. The van der Waals surface area contributed by atoms with Gasteiger partial charge < -0.3 is 15.1 Å². The van der Waals surface area contributed by atoms with Crippen molar-refractivity contribution in [3.05, 3.63) is 89.5 Å². The van der Waals surface area contributed by atoms with Gasteiger partial charge in [-0.2, -0.15) is 0 Å². The van der Waals surface area contributed by atoms with Gasteiger partial charge in [0.25, 0.3) is 0 Å². The first-order valence-corrected chi connectivity index (χ1v) is 12.7. The molecule has 34 heavy (non-hydrogen) atoms. The second-order valence-corrected chi connectivity index (χ2v) is 9.19.